The fourth-order valence-electron chi connectivity index (χ4n) is 3.53. The Labute approximate surface area is 159 Å². The van der Waals surface area contributed by atoms with E-state index in [0.717, 1.165) is 30.6 Å². The third-order valence-electron chi connectivity index (χ3n) is 3.60. The van der Waals surface area contributed by atoms with E-state index in [4.69, 9.17) is 17.7 Å². The van der Waals surface area contributed by atoms with Gasteiger partial charge < -0.3 is 17.7 Å². The van der Waals surface area contributed by atoms with Crippen LogP contribution in [-0.4, -0.2) is 41.5 Å². The molecule has 0 radical (unpaired) electrons. The van der Waals surface area contributed by atoms with Crippen LogP contribution in [0.25, 0.3) is 0 Å². The normalized spacial score (nSPS) is 13.7. The molecule has 0 unspecified atom stereocenters. The SMILES string of the molecule is CCC[Si](C[Si](CCC)(OC(C)C)OC(C)C)(OC(C)C)OC(C)C. The monoisotopic (exact) mass is 392 g/mol. The van der Waals surface area contributed by atoms with Crippen molar-refractivity contribution in [1.82, 2.24) is 0 Å². The van der Waals surface area contributed by atoms with Crippen LogP contribution < -0.4 is 0 Å². The first kappa shape index (κ1) is 25.3. The smallest absolute Gasteiger partial charge is 0.340 e. The number of hydrogen-bond donors (Lipinski definition) is 0. The molecule has 0 aliphatic heterocycles. The molecule has 0 fully saturated rings. The summed E-state index contributed by atoms with van der Waals surface area (Å²) >= 11 is 0. The van der Waals surface area contributed by atoms with Crippen molar-refractivity contribution in [3.8, 4) is 0 Å². The van der Waals surface area contributed by atoms with Gasteiger partial charge >= 0.3 is 17.1 Å². The van der Waals surface area contributed by atoms with E-state index in [9.17, 15) is 0 Å². The Balaban J connectivity index is 5.86. The summed E-state index contributed by atoms with van der Waals surface area (Å²) in [5, 5.41) is 0. The van der Waals surface area contributed by atoms with Gasteiger partial charge in [0.2, 0.25) is 0 Å². The lowest BCUT2D eigenvalue weighted by Crippen LogP contribution is -2.57. The van der Waals surface area contributed by atoms with Gasteiger partial charge in [-0.15, -0.1) is 0 Å². The van der Waals surface area contributed by atoms with Gasteiger partial charge in [0.15, 0.2) is 0 Å². The van der Waals surface area contributed by atoms with E-state index in [1.54, 1.807) is 0 Å². The molecule has 0 aromatic heterocycles. The van der Waals surface area contributed by atoms with Crippen LogP contribution in [0.15, 0.2) is 0 Å². The van der Waals surface area contributed by atoms with Crippen LogP contribution in [0.2, 0.25) is 17.8 Å². The van der Waals surface area contributed by atoms with Crippen molar-refractivity contribution in [2.75, 3.05) is 0 Å². The van der Waals surface area contributed by atoms with Crippen molar-refractivity contribution < 1.29 is 17.7 Å². The lowest BCUT2D eigenvalue weighted by molar-refractivity contribution is 0.0866. The molecular formula is C19H44O4Si2. The highest BCUT2D eigenvalue weighted by atomic mass is 28.4. The maximum Gasteiger partial charge on any atom is 0.340 e. The average Bonchev–Trinajstić information content (AvgIpc) is 2.34. The molecule has 0 aliphatic rings. The summed E-state index contributed by atoms with van der Waals surface area (Å²) in [6, 6.07) is 1.98. The number of hydrogen-bond acceptors (Lipinski definition) is 4. The molecule has 0 saturated carbocycles. The third kappa shape index (κ3) is 10.3. The molecule has 0 aliphatic carbocycles. The van der Waals surface area contributed by atoms with E-state index in [0.29, 0.717) is 0 Å². The Morgan fingerprint density at radius 3 is 0.920 bits per heavy atom. The zero-order valence-electron chi connectivity index (χ0n) is 18.5. The predicted molar refractivity (Wildman–Crippen MR) is 111 cm³/mol. The molecule has 4 nitrogen and oxygen atoms in total. The molecule has 0 amide bonds. The Morgan fingerprint density at radius 2 is 0.760 bits per heavy atom. The molecule has 0 spiro atoms. The second kappa shape index (κ2) is 11.9. The summed E-state index contributed by atoms with van der Waals surface area (Å²) in [7, 11) is -4.83. The Bertz CT molecular complexity index is 294. The highest BCUT2D eigenvalue weighted by Gasteiger charge is 2.52. The first-order chi connectivity index (χ1) is 11.5. The topological polar surface area (TPSA) is 36.9 Å². The molecule has 0 heterocycles. The van der Waals surface area contributed by atoms with E-state index in [1.807, 2.05) is 0 Å². The maximum atomic E-state index is 6.55. The molecule has 0 aromatic rings. The van der Waals surface area contributed by atoms with Crippen molar-refractivity contribution >= 4 is 17.1 Å². The minimum absolute atomic E-state index is 0.156. The van der Waals surface area contributed by atoms with Gasteiger partial charge in [-0.25, -0.2) is 0 Å². The molecule has 0 saturated heterocycles. The molecule has 0 aromatic carbocycles. The first-order valence-electron chi connectivity index (χ1n) is 10.2. The minimum atomic E-state index is -2.42. The van der Waals surface area contributed by atoms with Crippen LogP contribution in [-0.2, 0) is 17.7 Å². The van der Waals surface area contributed by atoms with Gasteiger partial charge in [0.1, 0.15) is 0 Å². The molecule has 6 heteroatoms. The Hall–Kier alpha value is 0.274. The summed E-state index contributed by atoms with van der Waals surface area (Å²) in [6.07, 6.45) is 2.75. The van der Waals surface area contributed by atoms with Gasteiger partial charge in [0, 0.05) is 30.1 Å². The molecular weight excluding hydrogens is 348 g/mol. The van der Waals surface area contributed by atoms with Crippen molar-refractivity contribution in [3.63, 3.8) is 0 Å². The summed E-state index contributed by atoms with van der Waals surface area (Å²) in [5.74, 6) is 0. The standard InChI is InChI=1S/C19H44O4Si2/c1-11-13-24(20-16(3)4,21-17(5)6)15-25(14-12-2,22-18(7)8)23-19(9)10/h16-19H,11-15H2,1-10H3. The van der Waals surface area contributed by atoms with Gasteiger partial charge in [-0.05, 0) is 67.5 Å². The van der Waals surface area contributed by atoms with Crippen molar-refractivity contribution in [2.24, 2.45) is 0 Å². The van der Waals surface area contributed by atoms with Gasteiger partial charge in [0.25, 0.3) is 0 Å². The third-order valence-corrected chi connectivity index (χ3v) is 14.0. The molecule has 0 N–H and O–H groups in total. The van der Waals surface area contributed by atoms with E-state index < -0.39 is 17.1 Å². The minimum Gasteiger partial charge on any atom is -0.392 e. The van der Waals surface area contributed by atoms with Crippen molar-refractivity contribution in [1.29, 1.82) is 0 Å². The highest BCUT2D eigenvalue weighted by molar-refractivity contribution is 6.86. The summed E-state index contributed by atoms with van der Waals surface area (Å²) in [4.78, 5) is 0. The van der Waals surface area contributed by atoms with Crippen LogP contribution in [0, 0.1) is 0 Å². The molecule has 25 heavy (non-hydrogen) atoms. The Morgan fingerprint density at radius 1 is 0.520 bits per heavy atom. The fourth-order valence-corrected chi connectivity index (χ4v) is 15.1. The summed E-state index contributed by atoms with van der Waals surface area (Å²) in [5.41, 5.74) is 0.856. The van der Waals surface area contributed by atoms with E-state index >= 15 is 0 Å². The second-order valence-corrected chi connectivity index (χ2v) is 15.2. The lowest BCUT2D eigenvalue weighted by Gasteiger charge is -2.42. The zero-order chi connectivity index (χ0) is 19.7. The zero-order valence-corrected chi connectivity index (χ0v) is 20.5. The molecule has 0 rings (SSSR count). The van der Waals surface area contributed by atoms with E-state index in [2.05, 4.69) is 69.2 Å². The van der Waals surface area contributed by atoms with E-state index in [1.165, 1.54) is 0 Å². The van der Waals surface area contributed by atoms with Crippen LogP contribution in [0.1, 0.15) is 82.1 Å². The lowest BCUT2D eigenvalue weighted by atomic mass is 10.5. The van der Waals surface area contributed by atoms with Crippen LogP contribution in [0.4, 0.5) is 0 Å². The predicted octanol–water partition coefficient (Wildman–Crippen LogP) is 5.93. The Kier molecular flexibility index (Phi) is 12.0. The van der Waals surface area contributed by atoms with Gasteiger partial charge in [-0.2, -0.15) is 0 Å². The second-order valence-electron chi connectivity index (χ2n) is 8.16. The quantitative estimate of drug-likeness (QED) is 0.343. The van der Waals surface area contributed by atoms with E-state index in [-0.39, 0.29) is 24.4 Å². The van der Waals surface area contributed by atoms with Crippen molar-refractivity contribution in [2.45, 2.75) is 124 Å². The summed E-state index contributed by atoms with van der Waals surface area (Å²) < 4.78 is 26.2. The molecule has 0 atom stereocenters. The van der Waals surface area contributed by atoms with Crippen LogP contribution >= 0.6 is 0 Å². The highest BCUT2D eigenvalue weighted by Crippen LogP contribution is 2.35. The van der Waals surface area contributed by atoms with Crippen LogP contribution in [0.3, 0.4) is 0 Å². The van der Waals surface area contributed by atoms with Crippen molar-refractivity contribution in [3.05, 3.63) is 0 Å². The largest absolute Gasteiger partial charge is 0.392 e. The van der Waals surface area contributed by atoms with Gasteiger partial charge in [-0.1, -0.05) is 26.7 Å². The van der Waals surface area contributed by atoms with Gasteiger partial charge in [0.05, 0.1) is 0 Å². The van der Waals surface area contributed by atoms with Crippen LogP contribution in [0.5, 0.6) is 0 Å². The number of rotatable bonds is 14. The average molecular weight is 393 g/mol. The fraction of sp³-hybridized carbons (Fsp3) is 1.00. The molecule has 152 valence electrons. The first-order valence-corrected chi connectivity index (χ1v) is 14.7. The maximum absolute atomic E-state index is 6.55. The summed E-state index contributed by atoms with van der Waals surface area (Å²) in [6.45, 7) is 21.3. The molecule has 0 bridgehead atoms. The van der Waals surface area contributed by atoms with Gasteiger partial charge in [-0.3, -0.25) is 0 Å².